The second-order valence-electron chi connectivity index (χ2n) is 5.47. The summed E-state index contributed by atoms with van der Waals surface area (Å²) in [6.45, 7) is 0.588. The minimum Gasteiger partial charge on any atom is -0.356 e. The molecule has 0 aliphatic rings. The van der Waals surface area contributed by atoms with Crippen molar-refractivity contribution >= 4 is 40.6 Å². The zero-order valence-electron chi connectivity index (χ0n) is 14.0. The average molecular weight is 404 g/mol. The van der Waals surface area contributed by atoms with E-state index in [0.717, 1.165) is 32.7 Å². The molecule has 3 aromatic rings. The summed E-state index contributed by atoms with van der Waals surface area (Å²) in [6, 6.07) is 13.4. The zero-order valence-corrected chi connectivity index (χ0v) is 16.4. The topological polar surface area (TPSA) is 54.9 Å². The third-order valence-electron chi connectivity index (χ3n) is 3.56. The van der Waals surface area contributed by atoms with Gasteiger partial charge in [0.2, 0.25) is 5.91 Å². The fourth-order valence-corrected chi connectivity index (χ4v) is 4.25. The molecule has 0 unspecified atom stereocenters. The van der Waals surface area contributed by atoms with Gasteiger partial charge in [-0.1, -0.05) is 29.8 Å². The Morgan fingerprint density at radius 3 is 2.81 bits per heavy atom. The predicted octanol–water partition coefficient (Wildman–Crippen LogP) is 4.70. The Kier molecular flexibility index (Phi) is 7.05. The number of carbonyl (C=O) groups excluding carboxylic acids is 1. The van der Waals surface area contributed by atoms with E-state index in [2.05, 4.69) is 15.3 Å². The van der Waals surface area contributed by atoms with Gasteiger partial charge in [0.25, 0.3) is 0 Å². The number of hydrogen-bond donors (Lipinski definition) is 1. The quantitative estimate of drug-likeness (QED) is 0.554. The van der Waals surface area contributed by atoms with Crippen molar-refractivity contribution in [2.45, 2.75) is 17.7 Å². The van der Waals surface area contributed by atoms with E-state index in [1.165, 1.54) is 0 Å². The number of nitrogens with zero attached hydrogens (tertiary/aromatic N) is 2. The molecule has 0 spiro atoms. The number of aromatic nitrogens is 2. The van der Waals surface area contributed by atoms with Gasteiger partial charge in [-0.05, 0) is 24.3 Å². The van der Waals surface area contributed by atoms with E-state index >= 15 is 0 Å². The van der Waals surface area contributed by atoms with Crippen molar-refractivity contribution in [3.8, 4) is 11.4 Å². The Labute approximate surface area is 166 Å². The van der Waals surface area contributed by atoms with Gasteiger partial charge in [0.15, 0.2) is 0 Å². The molecule has 1 aromatic carbocycles. The number of rotatable bonds is 8. The number of amides is 1. The van der Waals surface area contributed by atoms with E-state index < -0.39 is 0 Å². The molecule has 4 nitrogen and oxygen atoms in total. The Hall–Kier alpha value is -1.89. The lowest BCUT2D eigenvalue weighted by Crippen LogP contribution is -2.25. The van der Waals surface area contributed by atoms with Crippen LogP contribution in [0.5, 0.6) is 0 Å². The van der Waals surface area contributed by atoms with Gasteiger partial charge in [-0.3, -0.25) is 9.78 Å². The van der Waals surface area contributed by atoms with Gasteiger partial charge in [-0.25, -0.2) is 4.98 Å². The lowest BCUT2D eigenvalue weighted by atomic mass is 10.3. The third-order valence-corrected chi connectivity index (χ3v) is 5.99. The van der Waals surface area contributed by atoms with Crippen molar-refractivity contribution in [2.75, 3.05) is 12.3 Å². The van der Waals surface area contributed by atoms with Crippen LogP contribution in [0, 0.1) is 0 Å². The number of nitrogens with one attached hydrogen (secondary N) is 1. The fraction of sp³-hybridized carbons (Fsp3) is 0.211. The van der Waals surface area contributed by atoms with Crippen molar-refractivity contribution < 1.29 is 4.79 Å². The summed E-state index contributed by atoms with van der Waals surface area (Å²) < 4.78 is 0. The summed E-state index contributed by atoms with van der Waals surface area (Å²) >= 11 is 9.29. The molecule has 0 fully saturated rings. The number of benzene rings is 1. The lowest BCUT2D eigenvalue weighted by molar-refractivity contribution is -0.120. The molecular weight excluding hydrogens is 386 g/mol. The summed E-state index contributed by atoms with van der Waals surface area (Å²) in [6.07, 6.45) is 2.95. The number of thiazole rings is 1. The van der Waals surface area contributed by atoms with Gasteiger partial charge >= 0.3 is 0 Å². The van der Waals surface area contributed by atoms with Crippen LogP contribution in [-0.4, -0.2) is 28.2 Å². The molecule has 2 aromatic heterocycles. The van der Waals surface area contributed by atoms with Gasteiger partial charge < -0.3 is 5.32 Å². The van der Waals surface area contributed by atoms with Gasteiger partial charge in [-0.15, -0.1) is 23.1 Å². The monoisotopic (exact) mass is 403 g/mol. The molecule has 2 heterocycles. The maximum Gasteiger partial charge on any atom is 0.220 e. The highest BCUT2D eigenvalue weighted by Crippen LogP contribution is 2.26. The van der Waals surface area contributed by atoms with Crippen LogP contribution in [0.3, 0.4) is 0 Å². The molecule has 26 heavy (non-hydrogen) atoms. The molecule has 0 aliphatic carbocycles. The second kappa shape index (κ2) is 9.71. The summed E-state index contributed by atoms with van der Waals surface area (Å²) in [5.74, 6) is 0.752. The van der Waals surface area contributed by atoms with Crippen LogP contribution in [0.25, 0.3) is 11.4 Å². The van der Waals surface area contributed by atoms with E-state index in [9.17, 15) is 4.79 Å². The summed E-state index contributed by atoms with van der Waals surface area (Å²) in [7, 11) is 0. The summed E-state index contributed by atoms with van der Waals surface area (Å²) in [4.78, 5) is 21.8. The van der Waals surface area contributed by atoms with Crippen molar-refractivity contribution in [3.63, 3.8) is 0 Å². The maximum absolute atomic E-state index is 12.0. The van der Waals surface area contributed by atoms with Gasteiger partial charge in [0.1, 0.15) is 0 Å². The Morgan fingerprint density at radius 1 is 1.15 bits per heavy atom. The first-order valence-corrected chi connectivity index (χ1v) is 10.5. The van der Waals surface area contributed by atoms with Crippen LogP contribution < -0.4 is 5.32 Å². The molecule has 0 aliphatic heterocycles. The number of carbonyl (C=O) groups is 1. The normalized spacial score (nSPS) is 10.7. The molecule has 1 amide bonds. The van der Waals surface area contributed by atoms with E-state index in [1.54, 1.807) is 29.3 Å². The van der Waals surface area contributed by atoms with Crippen molar-refractivity contribution in [1.29, 1.82) is 0 Å². The van der Waals surface area contributed by atoms with Crippen LogP contribution in [0.4, 0.5) is 0 Å². The zero-order chi connectivity index (χ0) is 18.2. The lowest BCUT2D eigenvalue weighted by Gasteiger charge is -2.05. The minimum atomic E-state index is 0.0473. The highest BCUT2D eigenvalue weighted by Gasteiger charge is 2.07. The standard InChI is InChI=1S/C19H18ClN3OS2/c20-14-5-1-2-7-17(14)25-12-9-18(24)22-11-8-19-23-16(13-26-19)15-6-3-4-10-21-15/h1-7,10,13H,8-9,11-12H2,(H,22,24). The Balaban J connectivity index is 1.38. The molecular formula is C19H18ClN3OS2. The molecule has 7 heteroatoms. The van der Waals surface area contributed by atoms with E-state index in [-0.39, 0.29) is 5.91 Å². The highest BCUT2D eigenvalue weighted by atomic mass is 35.5. The second-order valence-corrected chi connectivity index (χ2v) is 7.96. The molecule has 3 rings (SSSR count). The van der Waals surface area contributed by atoms with E-state index in [1.807, 2.05) is 47.8 Å². The highest BCUT2D eigenvalue weighted by molar-refractivity contribution is 7.99. The van der Waals surface area contributed by atoms with Crippen LogP contribution >= 0.6 is 34.7 Å². The number of hydrogen-bond acceptors (Lipinski definition) is 5. The predicted molar refractivity (Wildman–Crippen MR) is 109 cm³/mol. The Bertz CT molecular complexity index is 855. The van der Waals surface area contributed by atoms with E-state index in [4.69, 9.17) is 11.6 Å². The van der Waals surface area contributed by atoms with E-state index in [0.29, 0.717) is 18.7 Å². The molecule has 0 saturated heterocycles. The summed E-state index contributed by atoms with van der Waals surface area (Å²) in [5, 5.41) is 6.67. The van der Waals surface area contributed by atoms with Gasteiger partial charge in [0, 0.05) is 41.6 Å². The minimum absolute atomic E-state index is 0.0473. The van der Waals surface area contributed by atoms with Crippen LogP contribution in [0.15, 0.2) is 58.9 Å². The average Bonchev–Trinajstić information content (AvgIpc) is 3.13. The van der Waals surface area contributed by atoms with Crippen LogP contribution in [0.1, 0.15) is 11.4 Å². The number of halogens is 1. The maximum atomic E-state index is 12.0. The summed E-state index contributed by atoms with van der Waals surface area (Å²) in [5.41, 5.74) is 1.75. The van der Waals surface area contributed by atoms with Crippen molar-refractivity contribution in [2.24, 2.45) is 0 Å². The van der Waals surface area contributed by atoms with Gasteiger partial charge in [0.05, 0.1) is 21.4 Å². The number of thioether (sulfide) groups is 1. The molecule has 1 N–H and O–H groups in total. The SMILES string of the molecule is O=C(CCSc1ccccc1Cl)NCCc1nc(-c2ccccn2)cs1. The fourth-order valence-electron chi connectivity index (χ4n) is 2.27. The number of pyridine rings is 1. The van der Waals surface area contributed by atoms with Gasteiger partial charge in [-0.2, -0.15) is 0 Å². The molecule has 134 valence electrons. The Morgan fingerprint density at radius 2 is 2.00 bits per heavy atom. The first kappa shape index (κ1) is 18.9. The molecule has 0 saturated carbocycles. The first-order chi connectivity index (χ1) is 12.7. The largest absolute Gasteiger partial charge is 0.356 e. The smallest absolute Gasteiger partial charge is 0.220 e. The van der Waals surface area contributed by atoms with Crippen molar-refractivity contribution in [3.05, 3.63) is 64.1 Å². The van der Waals surface area contributed by atoms with Crippen molar-refractivity contribution in [1.82, 2.24) is 15.3 Å². The molecule has 0 atom stereocenters. The first-order valence-electron chi connectivity index (χ1n) is 8.22. The molecule has 0 bridgehead atoms. The third kappa shape index (κ3) is 5.56. The van der Waals surface area contributed by atoms with Crippen LogP contribution in [0.2, 0.25) is 5.02 Å². The molecule has 0 radical (unpaired) electrons. The van der Waals surface area contributed by atoms with Crippen LogP contribution in [-0.2, 0) is 11.2 Å².